The second-order valence-corrected chi connectivity index (χ2v) is 5.57. The molecule has 24 heavy (non-hydrogen) atoms. The van der Waals surface area contributed by atoms with E-state index in [2.05, 4.69) is 16.0 Å². The number of benzene rings is 1. The van der Waals surface area contributed by atoms with Crippen molar-refractivity contribution in [3.63, 3.8) is 0 Å². The Bertz CT molecular complexity index is 623. The number of carbonyl (C=O) groups excluding carboxylic acids is 2. The van der Waals surface area contributed by atoms with Crippen LogP contribution in [0.3, 0.4) is 0 Å². The number of hydrogen-bond acceptors (Lipinski definition) is 7. The minimum atomic E-state index is -1.37. The summed E-state index contributed by atoms with van der Waals surface area (Å²) in [6.45, 7) is 2.55. The number of anilines is 3. The number of carbonyl (C=O) groups is 2. The molecule has 2 rings (SSSR count). The molecule has 132 valence electrons. The molecule has 1 aliphatic heterocycles. The Labute approximate surface area is 138 Å². The highest BCUT2D eigenvalue weighted by Crippen LogP contribution is 2.28. The van der Waals surface area contributed by atoms with E-state index in [9.17, 15) is 24.9 Å². The Hall–Kier alpha value is -2.20. The van der Waals surface area contributed by atoms with E-state index in [1.165, 1.54) is 13.8 Å². The van der Waals surface area contributed by atoms with Crippen LogP contribution < -0.4 is 16.0 Å². The van der Waals surface area contributed by atoms with E-state index in [4.69, 9.17) is 4.74 Å². The summed E-state index contributed by atoms with van der Waals surface area (Å²) >= 11 is 0. The number of aliphatic hydroxyl groups excluding tert-OH is 3. The fourth-order valence-electron chi connectivity index (χ4n) is 2.33. The summed E-state index contributed by atoms with van der Waals surface area (Å²) in [5, 5.41) is 37.3. The van der Waals surface area contributed by atoms with E-state index >= 15 is 0 Å². The van der Waals surface area contributed by atoms with Crippen molar-refractivity contribution in [1.29, 1.82) is 0 Å². The second kappa shape index (κ2) is 7.58. The Morgan fingerprint density at radius 3 is 2.33 bits per heavy atom. The summed E-state index contributed by atoms with van der Waals surface area (Å²) in [7, 11) is 0. The zero-order valence-electron chi connectivity index (χ0n) is 13.3. The molecule has 6 N–H and O–H groups in total. The average molecular weight is 339 g/mol. The number of amides is 2. The van der Waals surface area contributed by atoms with Crippen molar-refractivity contribution in [3.8, 4) is 0 Å². The third-order valence-corrected chi connectivity index (χ3v) is 3.45. The van der Waals surface area contributed by atoms with Crippen LogP contribution in [0.2, 0.25) is 0 Å². The van der Waals surface area contributed by atoms with Crippen LogP contribution in [0.15, 0.2) is 18.2 Å². The van der Waals surface area contributed by atoms with Gasteiger partial charge in [-0.2, -0.15) is 0 Å². The highest BCUT2D eigenvalue weighted by Gasteiger charge is 2.37. The van der Waals surface area contributed by atoms with Gasteiger partial charge >= 0.3 is 0 Å². The molecule has 0 spiro atoms. The maximum absolute atomic E-state index is 11.3. The molecular formula is C15H21N3O6. The molecule has 1 fully saturated rings. The first-order chi connectivity index (χ1) is 11.3. The van der Waals surface area contributed by atoms with Gasteiger partial charge in [0.25, 0.3) is 0 Å². The lowest BCUT2D eigenvalue weighted by Crippen LogP contribution is -2.55. The Balaban J connectivity index is 2.24. The van der Waals surface area contributed by atoms with Crippen molar-refractivity contribution in [1.82, 2.24) is 0 Å². The quantitative estimate of drug-likeness (QED) is 0.433. The Morgan fingerprint density at radius 1 is 1.04 bits per heavy atom. The number of ether oxygens (including phenoxy) is 1. The zero-order chi connectivity index (χ0) is 17.9. The molecule has 0 aromatic heterocycles. The van der Waals surface area contributed by atoms with Gasteiger partial charge < -0.3 is 36.0 Å². The summed E-state index contributed by atoms with van der Waals surface area (Å²) in [5.74, 6) is -0.563. The third-order valence-electron chi connectivity index (χ3n) is 3.45. The van der Waals surface area contributed by atoms with Crippen molar-refractivity contribution < 1.29 is 29.6 Å². The van der Waals surface area contributed by atoms with Crippen molar-refractivity contribution in [2.75, 3.05) is 22.6 Å². The topological polar surface area (TPSA) is 140 Å². The lowest BCUT2D eigenvalue weighted by Gasteiger charge is -2.36. The molecule has 0 saturated carbocycles. The van der Waals surface area contributed by atoms with Gasteiger partial charge in [-0.1, -0.05) is 0 Å². The largest absolute Gasteiger partial charge is 0.388 e. The predicted molar refractivity (Wildman–Crippen MR) is 86.4 cm³/mol. The van der Waals surface area contributed by atoms with Crippen LogP contribution in [-0.4, -0.2) is 58.3 Å². The molecule has 1 aromatic carbocycles. The fourth-order valence-corrected chi connectivity index (χ4v) is 2.33. The molecule has 9 heteroatoms. The van der Waals surface area contributed by atoms with Gasteiger partial charge in [-0.05, 0) is 18.2 Å². The molecule has 0 radical (unpaired) electrons. The zero-order valence-corrected chi connectivity index (χ0v) is 13.3. The smallest absolute Gasteiger partial charge is 0.221 e. The Kier molecular flexibility index (Phi) is 5.73. The van der Waals surface area contributed by atoms with Gasteiger partial charge in [0.05, 0.1) is 18.0 Å². The molecule has 0 unspecified atom stereocenters. The molecular weight excluding hydrogens is 318 g/mol. The summed E-state index contributed by atoms with van der Waals surface area (Å²) in [4.78, 5) is 22.5. The second-order valence-electron chi connectivity index (χ2n) is 5.57. The van der Waals surface area contributed by atoms with Crippen molar-refractivity contribution in [3.05, 3.63) is 18.2 Å². The van der Waals surface area contributed by atoms with E-state index in [-0.39, 0.29) is 18.4 Å². The lowest BCUT2D eigenvalue weighted by atomic mass is 10.0. The summed E-state index contributed by atoms with van der Waals surface area (Å²) < 4.78 is 5.29. The van der Waals surface area contributed by atoms with Gasteiger partial charge in [0.1, 0.15) is 18.3 Å². The van der Waals surface area contributed by atoms with E-state index < -0.39 is 24.5 Å². The predicted octanol–water partition coefficient (Wildman–Crippen LogP) is -0.546. The van der Waals surface area contributed by atoms with Crippen LogP contribution in [0.1, 0.15) is 13.8 Å². The first kappa shape index (κ1) is 18.1. The van der Waals surface area contributed by atoms with Crippen molar-refractivity contribution in [2.45, 2.75) is 38.4 Å². The number of hydrogen-bond donors (Lipinski definition) is 6. The van der Waals surface area contributed by atoms with Crippen LogP contribution in [0.4, 0.5) is 17.1 Å². The van der Waals surface area contributed by atoms with Gasteiger partial charge in [-0.25, -0.2) is 0 Å². The minimum absolute atomic E-state index is 0.156. The Morgan fingerprint density at radius 2 is 1.71 bits per heavy atom. The fraction of sp³-hybridized carbons (Fsp3) is 0.467. The molecule has 1 aromatic rings. The van der Waals surface area contributed by atoms with Crippen LogP contribution in [0, 0.1) is 0 Å². The van der Waals surface area contributed by atoms with Gasteiger partial charge in [0.2, 0.25) is 11.8 Å². The first-order valence-corrected chi connectivity index (χ1v) is 7.39. The molecule has 0 bridgehead atoms. The maximum Gasteiger partial charge on any atom is 0.221 e. The van der Waals surface area contributed by atoms with E-state index in [1.54, 1.807) is 18.2 Å². The van der Waals surface area contributed by atoms with Crippen LogP contribution >= 0.6 is 0 Å². The molecule has 1 saturated heterocycles. The van der Waals surface area contributed by atoms with Gasteiger partial charge in [0.15, 0.2) is 6.23 Å². The van der Waals surface area contributed by atoms with Gasteiger partial charge in [-0.3, -0.25) is 9.59 Å². The summed E-state index contributed by atoms with van der Waals surface area (Å²) in [6.07, 6.45) is -4.91. The molecule has 0 aliphatic carbocycles. The number of nitrogens with one attached hydrogen (secondary N) is 3. The van der Waals surface area contributed by atoms with Crippen molar-refractivity contribution >= 4 is 28.9 Å². The molecule has 9 nitrogen and oxygen atoms in total. The number of rotatable bonds is 4. The number of aliphatic hydroxyl groups is 3. The summed E-state index contributed by atoms with van der Waals surface area (Å²) in [5.41, 5.74) is 1.27. The van der Waals surface area contributed by atoms with E-state index in [1.807, 2.05) is 0 Å². The van der Waals surface area contributed by atoms with Crippen LogP contribution in [0.25, 0.3) is 0 Å². The van der Waals surface area contributed by atoms with E-state index in [0.29, 0.717) is 17.1 Å². The molecule has 4 atom stereocenters. The third kappa shape index (κ3) is 4.42. The van der Waals surface area contributed by atoms with Gasteiger partial charge in [-0.15, -0.1) is 0 Å². The lowest BCUT2D eigenvalue weighted by molar-refractivity contribution is -0.178. The molecule has 1 aliphatic rings. The molecule has 1 heterocycles. The van der Waals surface area contributed by atoms with Crippen LogP contribution in [-0.2, 0) is 14.3 Å². The monoisotopic (exact) mass is 339 g/mol. The minimum Gasteiger partial charge on any atom is -0.388 e. The standard InChI is InChI=1S/C15H21N3O6/c1-7(19)16-9-3-4-10(17-8(2)20)11(5-9)18-15-14(23)13(22)12(21)6-24-15/h3-5,12-15,18,21-23H,6H2,1-2H3,(H,16,19)(H,17,20)/t12-,13-,14+,15+/m1/s1. The normalized spacial score (nSPS) is 26.5. The highest BCUT2D eigenvalue weighted by atomic mass is 16.5. The van der Waals surface area contributed by atoms with Gasteiger partial charge in [0, 0.05) is 19.5 Å². The van der Waals surface area contributed by atoms with E-state index in [0.717, 1.165) is 0 Å². The summed E-state index contributed by atoms with van der Waals surface area (Å²) in [6, 6.07) is 4.74. The molecule has 2 amide bonds. The average Bonchev–Trinajstić information content (AvgIpc) is 2.49. The van der Waals surface area contributed by atoms with Crippen molar-refractivity contribution in [2.24, 2.45) is 0 Å². The first-order valence-electron chi connectivity index (χ1n) is 7.39. The van der Waals surface area contributed by atoms with Crippen LogP contribution in [0.5, 0.6) is 0 Å². The SMILES string of the molecule is CC(=O)Nc1ccc(NC(C)=O)c(N[C@H]2OC[C@@H](O)[C@@H](O)[C@@H]2O)c1. The maximum atomic E-state index is 11.3. The highest BCUT2D eigenvalue weighted by molar-refractivity contribution is 5.95.